The molecule has 0 bridgehead atoms. The van der Waals surface area contributed by atoms with E-state index < -0.39 is 0 Å². The van der Waals surface area contributed by atoms with Gasteiger partial charge in [0, 0.05) is 5.39 Å². The Morgan fingerprint density at radius 3 is 3.15 bits per heavy atom. The summed E-state index contributed by atoms with van der Waals surface area (Å²) in [6.45, 7) is 1.85. The summed E-state index contributed by atoms with van der Waals surface area (Å²) in [5.41, 5.74) is 0.627. The zero-order valence-electron chi connectivity index (χ0n) is 6.79. The molecule has 64 valence electrons. The second kappa shape index (κ2) is 2.68. The number of aromatic amines is 1. The van der Waals surface area contributed by atoms with Crippen molar-refractivity contribution in [3.63, 3.8) is 0 Å². The van der Waals surface area contributed by atoms with Crippen molar-refractivity contribution in [3.8, 4) is 6.07 Å². The van der Waals surface area contributed by atoms with Gasteiger partial charge in [-0.1, -0.05) is 0 Å². The predicted molar refractivity (Wildman–Crippen MR) is 49.7 cm³/mol. The highest BCUT2D eigenvalue weighted by atomic mass is 32.1. The van der Waals surface area contributed by atoms with Crippen LogP contribution in [-0.4, -0.2) is 9.36 Å². The Balaban J connectivity index is 2.95. The highest BCUT2D eigenvalue weighted by Gasteiger charge is 2.06. The summed E-state index contributed by atoms with van der Waals surface area (Å²) in [5, 5.41) is 9.47. The summed E-state index contributed by atoms with van der Waals surface area (Å²) in [4.78, 5) is 14.5. The first kappa shape index (κ1) is 7.95. The minimum absolute atomic E-state index is 0.135. The molecule has 0 aliphatic heterocycles. The van der Waals surface area contributed by atoms with Crippen molar-refractivity contribution in [2.24, 2.45) is 0 Å². The van der Waals surface area contributed by atoms with Gasteiger partial charge in [-0.05, 0) is 24.5 Å². The van der Waals surface area contributed by atoms with Gasteiger partial charge in [-0.3, -0.25) is 4.79 Å². The third-order valence-electron chi connectivity index (χ3n) is 1.79. The molecule has 0 spiro atoms. The second-order valence-electron chi connectivity index (χ2n) is 2.63. The minimum atomic E-state index is -0.348. The SMILES string of the molecule is Cc1nsc2[nH]c(=O)c(C#N)cc12. The molecular weight excluding hydrogens is 186 g/mol. The van der Waals surface area contributed by atoms with E-state index in [1.165, 1.54) is 11.5 Å². The number of pyridine rings is 1. The quantitative estimate of drug-likeness (QED) is 0.679. The lowest BCUT2D eigenvalue weighted by atomic mass is 10.2. The van der Waals surface area contributed by atoms with Gasteiger partial charge < -0.3 is 4.98 Å². The predicted octanol–water partition coefficient (Wildman–Crippen LogP) is 1.16. The molecule has 0 amide bonds. The summed E-state index contributed by atoms with van der Waals surface area (Å²) >= 11 is 1.23. The minimum Gasteiger partial charge on any atom is -0.311 e. The number of H-pyrrole nitrogens is 1. The zero-order chi connectivity index (χ0) is 9.42. The van der Waals surface area contributed by atoms with E-state index in [1.807, 2.05) is 13.0 Å². The van der Waals surface area contributed by atoms with Crippen LogP contribution >= 0.6 is 11.5 Å². The summed E-state index contributed by atoms with van der Waals surface area (Å²) in [7, 11) is 0. The number of aryl methyl sites for hydroxylation is 1. The number of hydrogen-bond acceptors (Lipinski definition) is 4. The molecule has 0 saturated carbocycles. The third kappa shape index (κ3) is 1.12. The van der Waals surface area contributed by atoms with Crippen LogP contribution in [0.4, 0.5) is 0 Å². The Morgan fingerprint density at radius 2 is 2.46 bits per heavy atom. The van der Waals surface area contributed by atoms with E-state index >= 15 is 0 Å². The van der Waals surface area contributed by atoms with Gasteiger partial charge in [0.2, 0.25) is 0 Å². The van der Waals surface area contributed by atoms with Gasteiger partial charge >= 0.3 is 0 Å². The monoisotopic (exact) mass is 191 g/mol. The second-order valence-corrected chi connectivity index (χ2v) is 3.41. The van der Waals surface area contributed by atoms with Crippen molar-refractivity contribution in [1.29, 1.82) is 5.26 Å². The molecule has 2 aromatic heterocycles. The third-order valence-corrected chi connectivity index (χ3v) is 2.66. The van der Waals surface area contributed by atoms with E-state index in [0.717, 1.165) is 15.9 Å². The lowest BCUT2D eigenvalue weighted by Gasteiger charge is -1.89. The van der Waals surface area contributed by atoms with Gasteiger partial charge in [0.15, 0.2) is 0 Å². The van der Waals surface area contributed by atoms with Crippen LogP contribution in [0.5, 0.6) is 0 Å². The average molecular weight is 191 g/mol. The summed E-state index contributed by atoms with van der Waals surface area (Å²) in [6.07, 6.45) is 0. The summed E-state index contributed by atoms with van der Waals surface area (Å²) in [6, 6.07) is 3.41. The lowest BCUT2D eigenvalue weighted by Crippen LogP contribution is -2.08. The first-order valence-corrected chi connectivity index (χ1v) is 4.39. The Labute approximate surface area is 77.6 Å². The van der Waals surface area contributed by atoms with E-state index in [-0.39, 0.29) is 11.1 Å². The number of fused-ring (bicyclic) bond motifs is 1. The number of rotatable bonds is 0. The fourth-order valence-corrected chi connectivity index (χ4v) is 1.87. The number of nitriles is 1. The zero-order valence-corrected chi connectivity index (χ0v) is 7.60. The van der Waals surface area contributed by atoms with E-state index in [4.69, 9.17) is 5.26 Å². The van der Waals surface area contributed by atoms with E-state index in [2.05, 4.69) is 9.36 Å². The molecule has 0 aromatic carbocycles. The first-order chi connectivity index (χ1) is 6.22. The van der Waals surface area contributed by atoms with Crippen molar-refractivity contribution >= 4 is 21.7 Å². The van der Waals surface area contributed by atoms with E-state index in [1.54, 1.807) is 6.07 Å². The van der Waals surface area contributed by atoms with Gasteiger partial charge in [0.25, 0.3) is 5.56 Å². The maximum atomic E-state index is 11.2. The van der Waals surface area contributed by atoms with Crippen molar-refractivity contribution in [1.82, 2.24) is 9.36 Å². The maximum Gasteiger partial charge on any atom is 0.266 e. The normalized spacial score (nSPS) is 10.2. The van der Waals surface area contributed by atoms with Gasteiger partial charge in [0.1, 0.15) is 16.5 Å². The van der Waals surface area contributed by atoms with E-state index in [0.29, 0.717) is 0 Å². The standard InChI is InChI=1S/C8H5N3OS/c1-4-6-2-5(3-9)7(12)10-8(6)13-11-4/h2H,1H3,(H,10,12). The molecule has 0 atom stereocenters. The molecule has 0 unspecified atom stereocenters. The molecule has 4 nitrogen and oxygen atoms in total. The fourth-order valence-electron chi connectivity index (χ4n) is 1.10. The van der Waals surface area contributed by atoms with Crippen LogP contribution in [0.2, 0.25) is 0 Å². The molecule has 2 heterocycles. The number of nitrogens with zero attached hydrogens (tertiary/aromatic N) is 2. The smallest absolute Gasteiger partial charge is 0.266 e. The Kier molecular flexibility index (Phi) is 1.64. The topological polar surface area (TPSA) is 69.5 Å². The maximum absolute atomic E-state index is 11.2. The van der Waals surface area contributed by atoms with Gasteiger partial charge in [0.05, 0.1) is 5.69 Å². The summed E-state index contributed by atoms with van der Waals surface area (Å²) < 4.78 is 4.07. The molecule has 13 heavy (non-hydrogen) atoms. The van der Waals surface area contributed by atoms with Gasteiger partial charge in [-0.2, -0.15) is 9.64 Å². The largest absolute Gasteiger partial charge is 0.311 e. The lowest BCUT2D eigenvalue weighted by molar-refractivity contribution is 1.28. The summed E-state index contributed by atoms with van der Waals surface area (Å²) in [5.74, 6) is 0. The van der Waals surface area contributed by atoms with Crippen LogP contribution < -0.4 is 5.56 Å². The van der Waals surface area contributed by atoms with Crippen molar-refractivity contribution in [3.05, 3.63) is 27.7 Å². The van der Waals surface area contributed by atoms with Crippen LogP contribution in [0.1, 0.15) is 11.3 Å². The van der Waals surface area contributed by atoms with Crippen molar-refractivity contribution < 1.29 is 0 Å². The average Bonchev–Trinajstić information content (AvgIpc) is 2.46. The number of aromatic nitrogens is 2. The van der Waals surface area contributed by atoms with Crippen LogP contribution in [0.3, 0.4) is 0 Å². The molecule has 2 aromatic rings. The molecule has 0 radical (unpaired) electrons. The van der Waals surface area contributed by atoms with Crippen LogP contribution in [0.15, 0.2) is 10.9 Å². The Morgan fingerprint density at radius 1 is 1.69 bits per heavy atom. The van der Waals surface area contributed by atoms with Crippen LogP contribution in [0.25, 0.3) is 10.2 Å². The molecular formula is C8H5N3OS. The van der Waals surface area contributed by atoms with Crippen molar-refractivity contribution in [2.75, 3.05) is 0 Å². The molecule has 0 fully saturated rings. The van der Waals surface area contributed by atoms with Crippen LogP contribution in [-0.2, 0) is 0 Å². The first-order valence-electron chi connectivity index (χ1n) is 3.62. The van der Waals surface area contributed by atoms with Crippen molar-refractivity contribution in [2.45, 2.75) is 6.92 Å². The molecule has 0 aliphatic carbocycles. The van der Waals surface area contributed by atoms with Gasteiger partial charge in [-0.15, -0.1) is 0 Å². The van der Waals surface area contributed by atoms with Gasteiger partial charge in [-0.25, -0.2) is 0 Å². The molecule has 0 aliphatic rings. The Hall–Kier alpha value is -1.67. The molecule has 5 heteroatoms. The van der Waals surface area contributed by atoms with E-state index in [9.17, 15) is 4.79 Å². The number of nitrogens with one attached hydrogen (secondary N) is 1. The Bertz CT molecular complexity index is 561. The fraction of sp³-hybridized carbons (Fsp3) is 0.125. The number of hydrogen-bond donors (Lipinski definition) is 1. The molecule has 2 rings (SSSR count). The molecule has 0 saturated heterocycles. The van der Waals surface area contributed by atoms with Crippen LogP contribution in [0, 0.1) is 18.3 Å². The molecule has 1 N–H and O–H groups in total. The highest BCUT2D eigenvalue weighted by Crippen LogP contribution is 2.18. The highest BCUT2D eigenvalue weighted by molar-refractivity contribution is 7.12.